The van der Waals surface area contributed by atoms with Gasteiger partial charge in [-0.3, -0.25) is 9.89 Å². The zero-order chi connectivity index (χ0) is 14.7. The van der Waals surface area contributed by atoms with Gasteiger partial charge in [0.2, 0.25) is 0 Å². The first-order chi connectivity index (χ1) is 9.49. The molecule has 0 aliphatic heterocycles. The molecule has 20 heavy (non-hydrogen) atoms. The quantitative estimate of drug-likeness (QED) is 0.802. The maximum Gasteiger partial charge on any atom is 0.274 e. The summed E-state index contributed by atoms with van der Waals surface area (Å²) in [5.41, 5.74) is 8.41. The van der Waals surface area contributed by atoms with Gasteiger partial charge in [-0.15, -0.1) is 0 Å². The number of aromatic nitrogens is 2. The van der Waals surface area contributed by atoms with Crippen LogP contribution in [0.5, 0.6) is 0 Å². The smallest absolute Gasteiger partial charge is 0.274 e. The summed E-state index contributed by atoms with van der Waals surface area (Å²) in [6.45, 7) is 4.42. The fourth-order valence-corrected chi connectivity index (χ4v) is 2.34. The van der Waals surface area contributed by atoms with E-state index in [0.29, 0.717) is 12.2 Å². The number of hydrogen-bond donors (Lipinski definition) is 3. The zero-order valence-electron chi connectivity index (χ0n) is 11.4. The lowest BCUT2D eigenvalue weighted by atomic mass is 10.1. The number of carbonyl (C=O) groups is 1. The number of nitrogens with one attached hydrogen (secondary N) is 2. The molecule has 1 aromatic heterocycles. The molecule has 1 aromatic carbocycles. The number of nitrogen functional groups attached to an aromatic ring is 1. The predicted octanol–water partition coefficient (Wildman–Crippen LogP) is 2.81. The number of hydrogen-bond acceptors (Lipinski definition) is 3. The van der Waals surface area contributed by atoms with Crippen molar-refractivity contribution in [2.45, 2.75) is 26.3 Å². The van der Waals surface area contributed by atoms with Crippen LogP contribution in [0.2, 0.25) is 0 Å². The van der Waals surface area contributed by atoms with Crippen molar-refractivity contribution >= 4 is 27.5 Å². The number of nitrogens with zero attached hydrogens (tertiary/aromatic N) is 1. The van der Waals surface area contributed by atoms with E-state index in [1.54, 1.807) is 0 Å². The summed E-state index contributed by atoms with van der Waals surface area (Å²) in [4.78, 5) is 12.1. The molecule has 0 unspecified atom stereocenters. The van der Waals surface area contributed by atoms with Gasteiger partial charge in [0.25, 0.3) is 5.91 Å². The number of amides is 1. The minimum atomic E-state index is -0.273. The Hall–Kier alpha value is -1.82. The Morgan fingerprint density at radius 2 is 2.25 bits per heavy atom. The highest BCUT2D eigenvalue weighted by molar-refractivity contribution is 9.10. The normalized spacial score (nSPS) is 10.8. The summed E-state index contributed by atoms with van der Waals surface area (Å²) in [6, 6.07) is 7.75. The van der Waals surface area contributed by atoms with Crippen LogP contribution in [-0.2, 0) is 6.54 Å². The van der Waals surface area contributed by atoms with E-state index in [4.69, 9.17) is 5.73 Å². The Labute approximate surface area is 126 Å². The molecule has 2 aromatic rings. The molecule has 5 nitrogen and oxygen atoms in total. The number of carbonyl (C=O) groups excluding carboxylic acids is 1. The van der Waals surface area contributed by atoms with E-state index in [9.17, 15) is 4.79 Å². The molecule has 0 spiro atoms. The zero-order valence-corrected chi connectivity index (χ0v) is 13.0. The monoisotopic (exact) mass is 336 g/mol. The van der Waals surface area contributed by atoms with Gasteiger partial charge in [-0.2, -0.15) is 5.10 Å². The van der Waals surface area contributed by atoms with Crippen LogP contribution < -0.4 is 11.1 Å². The molecular formula is C14H17BrN4O. The first-order valence-electron chi connectivity index (χ1n) is 6.35. The number of nitrogens with two attached hydrogens (primary N) is 1. The number of halogens is 1. The van der Waals surface area contributed by atoms with Gasteiger partial charge in [0.15, 0.2) is 5.69 Å². The molecular weight excluding hydrogens is 320 g/mol. The number of rotatable bonds is 4. The average Bonchev–Trinajstić information content (AvgIpc) is 2.78. The molecule has 1 heterocycles. The van der Waals surface area contributed by atoms with Crippen molar-refractivity contribution in [3.63, 3.8) is 0 Å². The lowest BCUT2D eigenvalue weighted by molar-refractivity contribution is 0.0947. The second-order valence-electron chi connectivity index (χ2n) is 4.87. The van der Waals surface area contributed by atoms with Gasteiger partial charge < -0.3 is 11.1 Å². The Kier molecular flexibility index (Phi) is 4.44. The van der Waals surface area contributed by atoms with Crippen LogP contribution in [0.1, 0.15) is 41.5 Å². The van der Waals surface area contributed by atoms with Crippen LogP contribution in [0, 0.1) is 0 Å². The predicted molar refractivity (Wildman–Crippen MR) is 82.4 cm³/mol. The second kappa shape index (κ2) is 6.09. The number of benzene rings is 1. The summed E-state index contributed by atoms with van der Waals surface area (Å²) >= 11 is 3.39. The third kappa shape index (κ3) is 3.19. The lowest BCUT2D eigenvalue weighted by Crippen LogP contribution is -2.24. The second-order valence-corrected chi connectivity index (χ2v) is 5.78. The van der Waals surface area contributed by atoms with Crippen LogP contribution in [0.4, 0.5) is 5.69 Å². The molecule has 1 amide bonds. The molecule has 0 fully saturated rings. The van der Waals surface area contributed by atoms with Gasteiger partial charge in [0.05, 0.1) is 11.4 Å². The SMILES string of the molecule is CC(C)c1[nH]nc(C(=O)NCc2cccc(Br)c2)c1N. The van der Waals surface area contributed by atoms with E-state index in [1.807, 2.05) is 38.1 Å². The number of aromatic amines is 1. The molecule has 0 saturated heterocycles. The highest BCUT2D eigenvalue weighted by atomic mass is 79.9. The lowest BCUT2D eigenvalue weighted by Gasteiger charge is -2.05. The van der Waals surface area contributed by atoms with Gasteiger partial charge in [0.1, 0.15) is 0 Å². The summed E-state index contributed by atoms with van der Waals surface area (Å²) in [7, 11) is 0. The highest BCUT2D eigenvalue weighted by Crippen LogP contribution is 2.22. The van der Waals surface area contributed by atoms with Crippen molar-refractivity contribution in [1.82, 2.24) is 15.5 Å². The van der Waals surface area contributed by atoms with Crippen LogP contribution in [0.3, 0.4) is 0 Å². The molecule has 6 heteroatoms. The molecule has 0 aliphatic rings. The van der Waals surface area contributed by atoms with Gasteiger partial charge in [-0.05, 0) is 23.6 Å². The summed E-state index contributed by atoms with van der Waals surface area (Å²) in [5.74, 6) is -0.0697. The van der Waals surface area contributed by atoms with Crippen molar-refractivity contribution in [1.29, 1.82) is 0 Å². The third-order valence-electron chi connectivity index (χ3n) is 2.97. The minimum absolute atomic E-state index is 0.203. The van der Waals surface area contributed by atoms with Crippen molar-refractivity contribution in [2.24, 2.45) is 0 Å². The van der Waals surface area contributed by atoms with E-state index in [1.165, 1.54) is 0 Å². The summed E-state index contributed by atoms with van der Waals surface area (Å²) in [6.07, 6.45) is 0. The Balaban J connectivity index is 2.05. The van der Waals surface area contributed by atoms with E-state index in [0.717, 1.165) is 15.7 Å². The molecule has 0 bridgehead atoms. The Morgan fingerprint density at radius 1 is 1.50 bits per heavy atom. The summed E-state index contributed by atoms with van der Waals surface area (Å²) < 4.78 is 0.977. The van der Waals surface area contributed by atoms with Crippen molar-refractivity contribution in [3.8, 4) is 0 Å². The molecule has 0 atom stereocenters. The molecule has 4 N–H and O–H groups in total. The summed E-state index contributed by atoms with van der Waals surface area (Å²) in [5, 5.41) is 9.63. The van der Waals surface area contributed by atoms with Crippen molar-refractivity contribution in [2.75, 3.05) is 5.73 Å². The maximum atomic E-state index is 12.1. The number of H-pyrrole nitrogens is 1. The van der Waals surface area contributed by atoms with E-state index in [2.05, 4.69) is 31.4 Å². The third-order valence-corrected chi connectivity index (χ3v) is 3.46. The van der Waals surface area contributed by atoms with Gasteiger partial charge in [0, 0.05) is 11.0 Å². The van der Waals surface area contributed by atoms with E-state index >= 15 is 0 Å². The fraction of sp³-hybridized carbons (Fsp3) is 0.286. The molecule has 0 saturated carbocycles. The van der Waals surface area contributed by atoms with Crippen molar-refractivity contribution < 1.29 is 4.79 Å². The largest absolute Gasteiger partial charge is 0.395 e. The molecule has 0 radical (unpaired) electrons. The van der Waals surface area contributed by atoms with Crippen LogP contribution in [0.25, 0.3) is 0 Å². The Morgan fingerprint density at radius 3 is 2.85 bits per heavy atom. The van der Waals surface area contributed by atoms with E-state index in [-0.39, 0.29) is 17.5 Å². The standard InChI is InChI=1S/C14H17BrN4O/c1-8(2)12-11(16)13(19-18-12)14(20)17-7-9-4-3-5-10(15)6-9/h3-6,8H,7,16H2,1-2H3,(H,17,20)(H,18,19). The molecule has 2 rings (SSSR count). The maximum absolute atomic E-state index is 12.1. The first-order valence-corrected chi connectivity index (χ1v) is 7.14. The van der Waals surface area contributed by atoms with Crippen LogP contribution in [0.15, 0.2) is 28.7 Å². The van der Waals surface area contributed by atoms with Crippen LogP contribution in [-0.4, -0.2) is 16.1 Å². The molecule has 106 valence electrons. The molecule has 0 aliphatic carbocycles. The van der Waals surface area contributed by atoms with E-state index < -0.39 is 0 Å². The van der Waals surface area contributed by atoms with Gasteiger partial charge in [-0.25, -0.2) is 0 Å². The first kappa shape index (κ1) is 14.6. The topological polar surface area (TPSA) is 83.8 Å². The highest BCUT2D eigenvalue weighted by Gasteiger charge is 2.18. The van der Waals surface area contributed by atoms with Crippen molar-refractivity contribution in [3.05, 3.63) is 45.7 Å². The number of anilines is 1. The Bertz CT molecular complexity index is 621. The average molecular weight is 337 g/mol. The van der Waals surface area contributed by atoms with Gasteiger partial charge >= 0.3 is 0 Å². The fourth-order valence-electron chi connectivity index (χ4n) is 1.89. The minimum Gasteiger partial charge on any atom is -0.395 e. The van der Waals surface area contributed by atoms with Gasteiger partial charge in [-0.1, -0.05) is 41.9 Å². The van der Waals surface area contributed by atoms with Crippen LogP contribution >= 0.6 is 15.9 Å².